The van der Waals surface area contributed by atoms with Crippen molar-refractivity contribution in [1.82, 2.24) is 9.78 Å². The van der Waals surface area contributed by atoms with Gasteiger partial charge in [-0.25, -0.2) is 9.48 Å². The number of carboxylic acids is 1. The first-order valence-corrected chi connectivity index (χ1v) is 5.72. The molecule has 0 aliphatic carbocycles. The number of carboxylic acid groups (broad SMARTS) is 1. The molecule has 6 nitrogen and oxygen atoms in total. The van der Waals surface area contributed by atoms with Crippen molar-refractivity contribution in [2.24, 2.45) is 0 Å². The summed E-state index contributed by atoms with van der Waals surface area (Å²) in [6.07, 6.45) is 4.96. The molecule has 0 aromatic carbocycles. The van der Waals surface area contributed by atoms with Gasteiger partial charge in [-0.1, -0.05) is 13.0 Å². The van der Waals surface area contributed by atoms with Crippen molar-refractivity contribution < 1.29 is 9.90 Å². The largest absolute Gasteiger partial charge is 0.478 e. The first kappa shape index (κ1) is 14.0. The average Bonchev–Trinajstić information content (AvgIpc) is 2.31. The van der Waals surface area contributed by atoms with Gasteiger partial charge in [-0.15, -0.1) is 0 Å². The number of anilines is 1. The number of rotatable bonds is 6. The molecule has 0 unspecified atom stereocenters. The lowest BCUT2D eigenvalue weighted by Gasteiger charge is -2.17. The van der Waals surface area contributed by atoms with Crippen molar-refractivity contribution in [1.29, 1.82) is 0 Å². The number of nitrogens with zero attached hydrogens (tertiary/aromatic N) is 3. The van der Waals surface area contributed by atoms with E-state index in [1.807, 2.05) is 11.9 Å². The van der Waals surface area contributed by atoms with Gasteiger partial charge in [0.15, 0.2) is 0 Å². The maximum absolute atomic E-state index is 11.7. The SMILES string of the molecule is CCCN(C)c1cnn(C/C=C/C(=O)O)c(=O)c1. The Morgan fingerprint density at radius 2 is 2.33 bits per heavy atom. The second kappa shape index (κ2) is 6.58. The van der Waals surface area contributed by atoms with Gasteiger partial charge < -0.3 is 10.0 Å². The average molecular weight is 251 g/mol. The molecule has 0 amide bonds. The molecule has 98 valence electrons. The minimum atomic E-state index is -1.04. The molecule has 1 N–H and O–H groups in total. The van der Waals surface area contributed by atoms with Gasteiger partial charge in [-0.2, -0.15) is 5.10 Å². The molecule has 18 heavy (non-hydrogen) atoms. The minimum absolute atomic E-state index is 0.156. The molecule has 0 atom stereocenters. The first-order chi connectivity index (χ1) is 8.54. The highest BCUT2D eigenvalue weighted by molar-refractivity contribution is 5.79. The van der Waals surface area contributed by atoms with E-state index in [4.69, 9.17) is 5.11 Å². The van der Waals surface area contributed by atoms with Crippen molar-refractivity contribution in [3.05, 3.63) is 34.8 Å². The van der Waals surface area contributed by atoms with Crippen molar-refractivity contribution in [2.75, 3.05) is 18.5 Å². The lowest BCUT2D eigenvalue weighted by Crippen LogP contribution is -2.25. The fourth-order valence-electron chi connectivity index (χ4n) is 1.49. The fraction of sp³-hybridized carbons (Fsp3) is 0.417. The van der Waals surface area contributed by atoms with E-state index < -0.39 is 5.97 Å². The van der Waals surface area contributed by atoms with Crippen LogP contribution in [0.25, 0.3) is 0 Å². The Morgan fingerprint density at radius 1 is 1.61 bits per heavy atom. The van der Waals surface area contributed by atoms with Gasteiger partial charge in [0.05, 0.1) is 18.4 Å². The van der Waals surface area contributed by atoms with Crippen LogP contribution in [-0.2, 0) is 11.3 Å². The quantitative estimate of drug-likeness (QED) is 0.754. The standard InChI is InChI=1S/C12H17N3O3/c1-3-6-14(2)10-8-11(16)15(13-9-10)7-4-5-12(17)18/h4-5,8-9H,3,6-7H2,1-2H3,(H,17,18)/b5-4+. The highest BCUT2D eigenvalue weighted by Crippen LogP contribution is 2.06. The second-order valence-corrected chi connectivity index (χ2v) is 3.90. The maximum Gasteiger partial charge on any atom is 0.328 e. The molecule has 1 rings (SSSR count). The van der Waals surface area contributed by atoms with Gasteiger partial charge in [-0.3, -0.25) is 4.79 Å². The zero-order chi connectivity index (χ0) is 13.5. The molecule has 0 aliphatic rings. The number of hydrogen-bond donors (Lipinski definition) is 1. The normalized spacial score (nSPS) is 10.8. The van der Waals surface area contributed by atoms with Crippen LogP contribution in [0.15, 0.2) is 29.2 Å². The molecule has 0 saturated carbocycles. The summed E-state index contributed by atoms with van der Waals surface area (Å²) in [7, 11) is 1.90. The van der Waals surface area contributed by atoms with Crippen molar-refractivity contribution in [2.45, 2.75) is 19.9 Å². The number of aromatic nitrogens is 2. The van der Waals surface area contributed by atoms with E-state index >= 15 is 0 Å². The summed E-state index contributed by atoms with van der Waals surface area (Å²) < 4.78 is 1.21. The number of hydrogen-bond acceptors (Lipinski definition) is 4. The van der Waals surface area contributed by atoms with E-state index in [1.165, 1.54) is 16.8 Å². The third-order valence-electron chi connectivity index (χ3n) is 2.39. The minimum Gasteiger partial charge on any atom is -0.478 e. The molecule has 0 spiro atoms. The van der Waals surface area contributed by atoms with Crippen LogP contribution in [0.2, 0.25) is 0 Å². The van der Waals surface area contributed by atoms with Crippen LogP contribution in [-0.4, -0.2) is 34.4 Å². The molecule has 0 aliphatic heterocycles. The van der Waals surface area contributed by atoms with E-state index in [1.54, 1.807) is 6.20 Å². The summed E-state index contributed by atoms with van der Waals surface area (Å²) >= 11 is 0. The van der Waals surface area contributed by atoms with Crippen LogP contribution in [0.4, 0.5) is 5.69 Å². The molecule has 1 aromatic rings. The first-order valence-electron chi connectivity index (χ1n) is 5.72. The second-order valence-electron chi connectivity index (χ2n) is 3.90. The van der Waals surface area contributed by atoms with Crippen LogP contribution in [0, 0.1) is 0 Å². The summed E-state index contributed by atoms with van der Waals surface area (Å²) in [4.78, 5) is 24.0. The van der Waals surface area contributed by atoms with Crippen LogP contribution >= 0.6 is 0 Å². The van der Waals surface area contributed by atoms with E-state index in [9.17, 15) is 9.59 Å². The summed E-state index contributed by atoms with van der Waals surface area (Å²) in [6.45, 7) is 3.06. The Balaban J connectivity index is 2.80. The third-order valence-corrected chi connectivity index (χ3v) is 2.39. The van der Waals surface area contributed by atoms with Gasteiger partial charge >= 0.3 is 5.97 Å². The van der Waals surface area contributed by atoms with E-state index in [2.05, 4.69) is 12.0 Å². The smallest absolute Gasteiger partial charge is 0.328 e. The molecule has 1 aromatic heterocycles. The Labute approximate surface area is 105 Å². The Bertz CT molecular complexity index is 494. The summed E-state index contributed by atoms with van der Waals surface area (Å²) in [5.41, 5.74) is 0.519. The monoisotopic (exact) mass is 251 g/mol. The number of allylic oxidation sites excluding steroid dienone is 1. The fourth-order valence-corrected chi connectivity index (χ4v) is 1.49. The zero-order valence-corrected chi connectivity index (χ0v) is 10.5. The Kier molecular flexibility index (Phi) is 5.10. The van der Waals surface area contributed by atoms with Crippen molar-refractivity contribution >= 4 is 11.7 Å². The van der Waals surface area contributed by atoms with Gasteiger partial charge in [-0.05, 0) is 6.42 Å². The zero-order valence-electron chi connectivity index (χ0n) is 10.5. The van der Waals surface area contributed by atoms with Gasteiger partial charge in [0.1, 0.15) is 0 Å². The lowest BCUT2D eigenvalue weighted by molar-refractivity contribution is -0.131. The van der Waals surface area contributed by atoms with Crippen molar-refractivity contribution in [3.8, 4) is 0 Å². The Morgan fingerprint density at radius 3 is 2.89 bits per heavy atom. The predicted molar refractivity (Wildman–Crippen MR) is 68.8 cm³/mol. The van der Waals surface area contributed by atoms with E-state index in [0.29, 0.717) is 0 Å². The summed E-state index contributed by atoms with van der Waals surface area (Å²) in [6, 6.07) is 1.50. The molecular weight excluding hydrogens is 234 g/mol. The molecule has 0 fully saturated rings. The van der Waals surface area contributed by atoms with Gasteiger partial charge in [0, 0.05) is 25.7 Å². The lowest BCUT2D eigenvalue weighted by atomic mass is 10.3. The predicted octanol–water partition coefficient (Wildman–Crippen LogP) is 0.730. The van der Waals surface area contributed by atoms with Crippen molar-refractivity contribution in [3.63, 3.8) is 0 Å². The molecule has 0 bridgehead atoms. The topological polar surface area (TPSA) is 75.4 Å². The van der Waals surface area contributed by atoms with Crippen LogP contribution in [0.1, 0.15) is 13.3 Å². The molecule has 6 heteroatoms. The molecule has 0 saturated heterocycles. The van der Waals surface area contributed by atoms with Crippen LogP contribution < -0.4 is 10.5 Å². The summed E-state index contributed by atoms with van der Waals surface area (Å²) in [5.74, 6) is -1.04. The van der Waals surface area contributed by atoms with E-state index in [0.717, 1.165) is 24.7 Å². The number of aliphatic carboxylic acids is 1. The van der Waals surface area contributed by atoms with Gasteiger partial charge in [0.2, 0.25) is 0 Å². The maximum atomic E-state index is 11.7. The molecule has 0 radical (unpaired) electrons. The van der Waals surface area contributed by atoms with Gasteiger partial charge in [0.25, 0.3) is 5.56 Å². The summed E-state index contributed by atoms with van der Waals surface area (Å²) in [5, 5.41) is 12.4. The molecular formula is C12H17N3O3. The Hall–Kier alpha value is -2.11. The van der Waals surface area contributed by atoms with Crippen LogP contribution in [0.3, 0.4) is 0 Å². The number of carbonyl (C=O) groups is 1. The van der Waals surface area contributed by atoms with E-state index in [-0.39, 0.29) is 12.1 Å². The van der Waals surface area contributed by atoms with Crippen LogP contribution in [0.5, 0.6) is 0 Å². The third kappa shape index (κ3) is 4.04. The highest BCUT2D eigenvalue weighted by Gasteiger charge is 2.03. The highest BCUT2D eigenvalue weighted by atomic mass is 16.4. The molecule has 1 heterocycles.